The van der Waals surface area contributed by atoms with Crippen molar-refractivity contribution in [1.82, 2.24) is 0 Å². The summed E-state index contributed by atoms with van der Waals surface area (Å²) in [7, 11) is 1.65. The fraction of sp³-hybridized carbons (Fsp3) is 0.0952. The van der Waals surface area contributed by atoms with Crippen molar-refractivity contribution in [2.75, 3.05) is 13.9 Å². The van der Waals surface area contributed by atoms with E-state index in [1.165, 1.54) is 0 Å². The maximum Gasteiger partial charge on any atom is 0.231 e. The molecule has 0 aliphatic carbocycles. The van der Waals surface area contributed by atoms with Gasteiger partial charge in [-0.2, -0.15) is 0 Å². The van der Waals surface area contributed by atoms with Gasteiger partial charge in [-0.15, -0.1) is 0 Å². The van der Waals surface area contributed by atoms with Crippen LogP contribution >= 0.6 is 0 Å². The number of hydrogen-bond donors (Lipinski definition) is 0. The normalized spacial score (nSPS) is 12.0. The van der Waals surface area contributed by atoms with Crippen molar-refractivity contribution in [1.29, 1.82) is 0 Å². The zero-order valence-electron chi connectivity index (χ0n) is 13.7. The quantitative estimate of drug-likeness (QED) is 0.657. The third kappa shape index (κ3) is 2.72. The molecule has 0 atom stereocenters. The van der Waals surface area contributed by atoms with Gasteiger partial charge in [0.25, 0.3) is 0 Å². The van der Waals surface area contributed by atoms with E-state index in [1.54, 1.807) is 19.2 Å². The molecule has 0 radical (unpaired) electrons. The number of carbonyl (C=O) groups is 1. The Morgan fingerprint density at radius 2 is 1.72 bits per heavy atom. The molecular formula is C21H16O4. The van der Waals surface area contributed by atoms with E-state index in [0.717, 1.165) is 40.0 Å². The largest absolute Gasteiger partial charge is 0.496 e. The van der Waals surface area contributed by atoms with Crippen LogP contribution in [-0.2, 0) is 0 Å². The Morgan fingerprint density at radius 3 is 2.48 bits per heavy atom. The van der Waals surface area contributed by atoms with Gasteiger partial charge in [-0.25, -0.2) is 0 Å². The number of fused-ring (bicyclic) bond motifs is 1. The maximum atomic E-state index is 10.9. The van der Waals surface area contributed by atoms with Gasteiger partial charge in [0.05, 0.1) is 7.11 Å². The Hall–Kier alpha value is -3.27. The lowest BCUT2D eigenvalue weighted by molar-refractivity contribution is 0.112. The molecule has 1 aliphatic rings. The number of hydrogen-bond acceptors (Lipinski definition) is 4. The Balaban J connectivity index is 1.89. The summed E-state index contributed by atoms with van der Waals surface area (Å²) < 4.78 is 16.8. The minimum absolute atomic E-state index is 0.199. The van der Waals surface area contributed by atoms with Crippen LogP contribution in [0.4, 0.5) is 0 Å². The molecule has 124 valence electrons. The number of methoxy groups -OCH3 is 1. The lowest BCUT2D eigenvalue weighted by Crippen LogP contribution is -1.94. The van der Waals surface area contributed by atoms with Crippen molar-refractivity contribution in [2.45, 2.75) is 0 Å². The molecule has 1 aliphatic heterocycles. The van der Waals surface area contributed by atoms with Crippen molar-refractivity contribution < 1.29 is 19.0 Å². The standard InChI is InChI=1S/C21H16O4/c1-23-19-5-3-2-4-17(19)18-10-16(11-20-21(18)25-13-24-20)15-8-6-14(12-22)7-9-15/h2-12H,13H2,1H3. The first-order valence-corrected chi connectivity index (χ1v) is 7.93. The first-order chi connectivity index (χ1) is 12.3. The molecule has 0 fully saturated rings. The minimum Gasteiger partial charge on any atom is -0.496 e. The number of para-hydroxylation sites is 1. The molecule has 25 heavy (non-hydrogen) atoms. The predicted molar refractivity (Wildman–Crippen MR) is 95.4 cm³/mol. The van der Waals surface area contributed by atoms with E-state index in [0.29, 0.717) is 11.3 Å². The van der Waals surface area contributed by atoms with Crippen LogP contribution in [0.15, 0.2) is 60.7 Å². The van der Waals surface area contributed by atoms with E-state index in [-0.39, 0.29) is 6.79 Å². The van der Waals surface area contributed by atoms with E-state index in [4.69, 9.17) is 14.2 Å². The van der Waals surface area contributed by atoms with Gasteiger partial charge in [0.1, 0.15) is 12.0 Å². The first kappa shape index (κ1) is 15.3. The Bertz CT molecular complexity index is 929. The molecule has 3 aromatic rings. The van der Waals surface area contributed by atoms with Gasteiger partial charge in [-0.1, -0.05) is 42.5 Å². The Labute approximate surface area is 145 Å². The van der Waals surface area contributed by atoms with Gasteiger partial charge in [-0.3, -0.25) is 4.79 Å². The van der Waals surface area contributed by atoms with E-state index in [9.17, 15) is 4.79 Å². The third-order valence-electron chi connectivity index (χ3n) is 4.25. The highest BCUT2D eigenvalue weighted by atomic mass is 16.7. The number of aldehydes is 1. The molecule has 4 rings (SSSR count). The van der Waals surface area contributed by atoms with Crippen LogP contribution in [0.5, 0.6) is 17.2 Å². The zero-order chi connectivity index (χ0) is 17.2. The zero-order valence-corrected chi connectivity index (χ0v) is 13.7. The molecule has 0 saturated heterocycles. The van der Waals surface area contributed by atoms with Crippen LogP contribution in [-0.4, -0.2) is 20.2 Å². The molecule has 4 nitrogen and oxygen atoms in total. The molecular weight excluding hydrogens is 316 g/mol. The van der Waals surface area contributed by atoms with Crippen LogP contribution in [0.25, 0.3) is 22.3 Å². The summed E-state index contributed by atoms with van der Waals surface area (Å²) in [6.07, 6.45) is 0.837. The van der Waals surface area contributed by atoms with E-state index in [2.05, 4.69) is 6.07 Å². The minimum atomic E-state index is 0.199. The summed E-state index contributed by atoms with van der Waals surface area (Å²) in [5, 5.41) is 0. The lowest BCUT2D eigenvalue weighted by Gasteiger charge is -2.13. The van der Waals surface area contributed by atoms with E-state index in [1.807, 2.05) is 42.5 Å². The second kappa shape index (κ2) is 6.32. The summed E-state index contributed by atoms with van der Waals surface area (Å²) in [4.78, 5) is 10.9. The fourth-order valence-corrected chi connectivity index (χ4v) is 3.00. The average molecular weight is 332 g/mol. The van der Waals surface area contributed by atoms with Crippen molar-refractivity contribution in [3.8, 4) is 39.5 Å². The highest BCUT2D eigenvalue weighted by molar-refractivity contribution is 5.85. The number of ether oxygens (including phenoxy) is 3. The molecule has 4 heteroatoms. The molecule has 0 aromatic heterocycles. The van der Waals surface area contributed by atoms with Crippen LogP contribution in [0.2, 0.25) is 0 Å². The second-order valence-electron chi connectivity index (χ2n) is 5.70. The summed E-state index contributed by atoms with van der Waals surface area (Å²) in [6, 6.07) is 19.3. The molecule has 0 spiro atoms. The van der Waals surface area contributed by atoms with Gasteiger partial charge in [0, 0.05) is 16.7 Å². The smallest absolute Gasteiger partial charge is 0.231 e. The first-order valence-electron chi connectivity index (χ1n) is 7.93. The van der Waals surface area contributed by atoms with Crippen LogP contribution in [0.1, 0.15) is 10.4 Å². The van der Waals surface area contributed by atoms with Crippen molar-refractivity contribution >= 4 is 6.29 Å². The Kier molecular flexibility index (Phi) is 3.86. The topological polar surface area (TPSA) is 44.8 Å². The predicted octanol–water partition coefficient (Wildman–Crippen LogP) is 4.57. The van der Waals surface area contributed by atoms with E-state index >= 15 is 0 Å². The molecule has 0 saturated carbocycles. The molecule has 0 bridgehead atoms. The second-order valence-corrected chi connectivity index (χ2v) is 5.70. The van der Waals surface area contributed by atoms with E-state index < -0.39 is 0 Å². The molecule has 3 aromatic carbocycles. The monoisotopic (exact) mass is 332 g/mol. The summed E-state index contributed by atoms with van der Waals surface area (Å²) >= 11 is 0. The van der Waals surface area contributed by atoms with Crippen molar-refractivity contribution in [3.63, 3.8) is 0 Å². The van der Waals surface area contributed by atoms with Crippen LogP contribution in [0, 0.1) is 0 Å². The number of rotatable bonds is 4. The van der Waals surface area contributed by atoms with Gasteiger partial charge < -0.3 is 14.2 Å². The van der Waals surface area contributed by atoms with Crippen molar-refractivity contribution in [3.05, 3.63) is 66.2 Å². The van der Waals surface area contributed by atoms with Gasteiger partial charge in [0.15, 0.2) is 11.5 Å². The molecule has 0 N–H and O–H groups in total. The van der Waals surface area contributed by atoms with Gasteiger partial charge >= 0.3 is 0 Å². The fourth-order valence-electron chi connectivity index (χ4n) is 3.00. The summed E-state index contributed by atoms with van der Waals surface area (Å²) in [5.41, 5.74) is 4.50. The SMILES string of the molecule is COc1ccccc1-c1cc(-c2ccc(C=O)cc2)cc2c1OCO2. The summed E-state index contributed by atoms with van der Waals surface area (Å²) in [6.45, 7) is 0.199. The molecule has 0 amide bonds. The summed E-state index contributed by atoms with van der Waals surface area (Å²) in [5.74, 6) is 2.20. The highest BCUT2D eigenvalue weighted by Crippen LogP contribution is 2.46. The molecule has 1 heterocycles. The van der Waals surface area contributed by atoms with Crippen molar-refractivity contribution in [2.24, 2.45) is 0 Å². The molecule has 0 unspecified atom stereocenters. The number of carbonyl (C=O) groups excluding carboxylic acids is 1. The van der Waals surface area contributed by atoms with Gasteiger partial charge in [-0.05, 0) is 29.3 Å². The average Bonchev–Trinajstić information content (AvgIpc) is 3.16. The number of benzene rings is 3. The van der Waals surface area contributed by atoms with Crippen LogP contribution in [0.3, 0.4) is 0 Å². The van der Waals surface area contributed by atoms with Gasteiger partial charge in [0.2, 0.25) is 6.79 Å². The Morgan fingerprint density at radius 1 is 0.920 bits per heavy atom. The van der Waals surface area contributed by atoms with Crippen LogP contribution < -0.4 is 14.2 Å². The third-order valence-corrected chi connectivity index (χ3v) is 4.25. The maximum absolute atomic E-state index is 10.9. The highest BCUT2D eigenvalue weighted by Gasteiger charge is 2.22. The lowest BCUT2D eigenvalue weighted by atomic mass is 9.96.